The molecule has 0 fully saturated rings. The van der Waals surface area contributed by atoms with Crippen LogP contribution in [0.25, 0.3) is 0 Å². The molecule has 0 atom stereocenters. The largest absolute Gasteiger partial charge is 0.290 e. The van der Waals surface area contributed by atoms with Gasteiger partial charge in [-0.25, -0.2) is 19.0 Å². The molecule has 2 N–H and O–H groups in total. The van der Waals surface area contributed by atoms with E-state index in [2.05, 4.69) is 30.0 Å². The lowest BCUT2D eigenvalue weighted by Gasteiger charge is -1.96. The van der Waals surface area contributed by atoms with E-state index in [9.17, 15) is 4.39 Å². The SMILES string of the molecule is C/C(F)=C\CC=C(/C=C(\C)Cl)N=CNO.Cc1nonc1CCn1cncn1. The summed E-state index contributed by atoms with van der Waals surface area (Å²) in [5, 5.41) is 20.3. The molecule has 28 heavy (non-hydrogen) atoms. The maximum absolute atomic E-state index is 12.4. The van der Waals surface area contributed by atoms with E-state index >= 15 is 0 Å². The fourth-order valence-corrected chi connectivity index (χ4v) is 1.95. The number of nitrogens with one attached hydrogen (secondary N) is 1. The number of aryl methyl sites for hydroxylation is 3. The molecule has 0 amide bonds. The summed E-state index contributed by atoms with van der Waals surface area (Å²) >= 11 is 5.67. The van der Waals surface area contributed by atoms with E-state index in [0.29, 0.717) is 17.2 Å². The first-order valence-electron chi connectivity index (χ1n) is 8.31. The van der Waals surface area contributed by atoms with Crippen LogP contribution in [-0.4, -0.2) is 36.6 Å². The Kier molecular flexibility index (Phi) is 11.0. The van der Waals surface area contributed by atoms with Crippen LogP contribution in [0.15, 0.2) is 57.1 Å². The zero-order valence-electron chi connectivity index (χ0n) is 15.9. The summed E-state index contributed by atoms with van der Waals surface area (Å²) in [5.74, 6) is -0.249. The molecule has 0 bridgehead atoms. The first-order valence-corrected chi connectivity index (χ1v) is 8.69. The molecule has 0 aromatic carbocycles. The minimum atomic E-state index is -0.249. The van der Waals surface area contributed by atoms with Gasteiger partial charge in [-0.05, 0) is 39.3 Å². The lowest BCUT2D eigenvalue weighted by Crippen LogP contribution is -2.02. The third-order valence-corrected chi connectivity index (χ3v) is 3.24. The third kappa shape index (κ3) is 10.3. The van der Waals surface area contributed by atoms with Crippen molar-refractivity contribution in [2.45, 2.75) is 40.2 Å². The van der Waals surface area contributed by atoms with Gasteiger partial charge in [-0.2, -0.15) is 5.10 Å². The van der Waals surface area contributed by atoms with Gasteiger partial charge in [0.1, 0.15) is 30.4 Å². The Morgan fingerprint density at radius 1 is 1.39 bits per heavy atom. The van der Waals surface area contributed by atoms with Crippen molar-refractivity contribution in [2.24, 2.45) is 4.99 Å². The molecule has 0 radical (unpaired) electrons. The molecule has 0 unspecified atom stereocenters. The summed E-state index contributed by atoms with van der Waals surface area (Å²) in [5.41, 5.74) is 4.02. The summed E-state index contributed by atoms with van der Waals surface area (Å²) in [4.78, 5) is 7.68. The molecule has 2 aromatic rings. The number of halogens is 2. The Hall–Kier alpha value is -2.85. The van der Waals surface area contributed by atoms with E-state index in [4.69, 9.17) is 16.8 Å². The summed E-state index contributed by atoms with van der Waals surface area (Å²) < 4.78 is 18.7. The Morgan fingerprint density at radius 2 is 2.18 bits per heavy atom. The minimum absolute atomic E-state index is 0.249. The van der Waals surface area contributed by atoms with Gasteiger partial charge in [0.15, 0.2) is 0 Å². The molecule has 11 heteroatoms. The molecule has 0 aliphatic carbocycles. The molecule has 0 saturated carbocycles. The second kappa shape index (κ2) is 13.3. The van der Waals surface area contributed by atoms with Gasteiger partial charge in [0.25, 0.3) is 0 Å². The van der Waals surface area contributed by atoms with Crippen LogP contribution in [0, 0.1) is 6.92 Å². The van der Waals surface area contributed by atoms with Crippen molar-refractivity contribution in [1.82, 2.24) is 30.6 Å². The van der Waals surface area contributed by atoms with Crippen LogP contribution < -0.4 is 5.48 Å². The number of aromatic nitrogens is 5. The van der Waals surface area contributed by atoms with Crippen LogP contribution in [0.4, 0.5) is 4.39 Å². The number of nitrogens with zero attached hydrogens (tertiary/aromatic N) is 6. The molecule has 0 aliphatic heterocycles. The molecule has 2 heterocycles. The standard InChI is InChI=1S/C10H14ClFN2O.C7H9N5O/c1-8(11)6-10(13-7-14-15)5-3-4-9(2)12;1-6-7(11-13-10-6)2-3-12-5-8-4-9-12/h4-7,15H,3H2,1-2H3,(H,13,14);4-5H,2-3H2,1H3/b8-6+,9-4+,10-5?;. The van der Waals surface area contributed by atoms with Gasteiger partial charge in [0.2, 0.25) is 0 Å². The molecular formula is C17H23ClFN7O2. The van der Waals surface area contributed by atoms with Crippen LogP contribution in [0.3, 0.4) is 0 Å². The average molecular weight is 412 g/mol. The normalized spacial score (nSPS) is 12.9. The van der Waals surface area contributed by atoms with Crippen molar-refractivity contribution in [2.75, 3.05) is 0 Å². The van der Waals surface area contributed by atoms with Crippen molar-refractivity contribution in [3.05, 3.63) is 58.8 Å². The van der Waals surface area contributed by atoms with Crippen LogP contribution >= 0.6 is 11.6 Å². The van der Waals surface area contributed by atoms with Gasteiger partial charge >= 0.3 is 0 Å². The van der Waals surface area contributed by atoms with E-state index in [1.54, 1.807) is 35.6 Å². The first kappa shape index (κ1) is 23.2. The third-order valence-electron chi connectivity index (χ3n) is 3.13. The molecule has 9 nitrogen and oxygen atoms in total. The fourth-order valence-electron chi connectivity index (χ4n) is 1.84. The number of allylic oxidation sites excluding steroid dienone is 5. The number of rotatable bonds is 8. The van der Waals surface area contributed by atoms with Crippen LogP contribution in [-0.2, 0) is 13.0 Å². The first-order chi connectivity index (χ1) is 13.4. The van der Waals surface area contributed by atoms with Crippen LogP contribution in [0.5, 0.6) is 0 Å². The zero-order chi connectivity index (χ0) is 20.8. The highest BCUT2D eigenvalue weighted by Crippen LogP contribution is 2.09. The lowest BCUT2D eigenvalue weighted by atomic mass is 10.2. The number of hydrogen-bond donors (Lipinski definition) is 2. The van der Waals surface area contributed by atoms with E-state index in [1.807, 2.05) is 6.92 Å². The number of hydroxylamine groups is 1. The van der Waals surface area contributed by atoms with Crippen molar-refractivity contribution in [1.29, 1.82) is 0 Å². The summed E-state index contributed by atoms with van der Waals surface area (Å²) in [7, 11) is 0. The number of hydrogen-bond acceptors (Lipinski definition) is 7. The zero-order valence-corrected chi connectivity index (χ0v) is 16.6. The second-order valence-corrected chi connectivity index (χ2v) is 6.08. The van der Waals surface area contributed by atoms with Crippen molar-refractivity contribution >= 4 is 17.9 Å². The highest BCUT2D eigenvalue weighted by molar-refractivity contribution is 6.29. The van der Waals surface area contributed by atoms with Crippen LogP contribution in [0.2, 0.25) is 0 Å². The van der Waals surface area contributed by atoms with Crippen molar-refractivity contribution in [3.8, 4) is 0 Å². The smallest absolute Gasteiger partial charge is 0.137 e. The monoisotopic (exact) mass is 411 g/mol. The van der Waals surface area contributed by atoms with E-state index in [0.717, 1.165) is 30.7 Å². The summed E-state index contributed by atoms with van der Waals surface area (Å²) in [6.45, 7) is 5.68. The summed E-state index contributed by atoms with van der Waals surface area (Å²) in [6.07, 6.45) is 10.2. The predicted octanol–water partition coefficient (Wildman–Crippen LogP) is 3.50. The van der Waals surface area contributed by atoms with E-state index in [1.165, 1.54) is 19.3 Å². The molecule has 2 aromatic heterocycles. The molecule has 0 aliphatic rings. The Balaban J connectivity index is 0.000000281. The van der Waals surface area contributed by atoms with Crippen LogP contribution in [0.1, 0.15) is 31.7 Å². The summed E-state index contributed by atoms with van der Waals surface area (Å²) in [6, 6.07) is 0. The minimum Gasteiger partial charge on any atom is -0.290 e. The Labute approximate surface area is 167 Å². The molecule has 2 rings (SSSR count). The van der Waals surface area contributed by atoms with Gasteiger partial charge in [0, 0.05) is 18.0 Å². The average Bonchev–Trinajstić information content (AvgIpc) is 3.29. The maximum atomic E-state index is 12.4. The highest BCUT2D eigenvalue weighted by Gasteiger charge is 2.04. The second-order valence-electron chi connectivity index (χ2n) is 5.48. The maximum Gasteiger partial charge on any atom is 0.137 e. The Bertz CT molecular complexity index is 805. The quantitative estimate of drug-likeness (QED) is 0.295. The number of aliphatic imine (C=N–C) groups is 1. The molecule has 152 valence electrons. The lowest BCUT2D eigenvalue weighted by molar-refractivity contribution is 0.240. The van der Waals surface area contributed by atoms with Gasteiger partial charge < -0.3 is 0 Å². The van der Waals surface area contributed by atoms with E-state index < -0.39 is 0 Å². The fraction of sp³-hybridized carbons (Fsp3) is 0.353. The molecular weight excluding hydrogens is 389 g/mol. The van der Waals surface area contributed by atoms with Crippen molar-refractivity contribution < 1.29 is 14.2 Å². The molecule has 0 spiro atoms. The van der Waals surface area contributed by atoms with E-state index in [-0.39, 0.29) is 5.83 Å². The topological polar surface area (TPSA) is 114 Å². The van der Waals surface area contributed by atoms with Crippen molar-refractivity contribution in [3.63, 3.8) is 0 Å². The Morgan fingerprint density at radius 3 is 2.71 bits per heavy atom. The predicted molar refractivity (Wildman–Crippen MR) is 103 cm³/mol. The molecule has 0 saturated heterocycles. The van der Waals surface area contributed by atoms with Gasteiger partial charge in [0.05, 0.1) is 11.5 Å². The van der Waals surface area contributed by atoms with Gasteiger partial charge in [-0.1, -0.05) is 28.0 Å². The highest BCUT2D eigenvalue weighted by atomic mass is 35.5. The van der Waals surface area contributed by atoms with Gasteiger partial charge in [-0.15, -0.1) is 0 Å². The van der Waals surface area contributed by atoms with Gasteiger partial charge in [-0.3, -0.25) is 15.4 Å².